The molecule has 0 unspecified atom stereocenters. The third kappa shape index (κ3) is 4.55. The first-order chi connectivity index (χ1) is 15.5. The van der Waals surface area contributed by atoms with Crippen LogP contribution in [0.15, 0.2) is 35.6 Å². The largest absolute Gasteiger partial charge is 0.376 e. The van der Waals surface area contributed by atoms with Crippen LogP contribution in [0.4, 0.5) is 0 Å². The highest BCUT2D eigenvalue weighted by molar-refractivity contribution is 7.99. The minimum absolute atomic E-state index is 0.0172. The molecule has 11 heteroatoms. The van der Waals surface area contributed by atoms with Gasteiger partial charge in [0.25, 0.3) is 0 Å². The maximum atomic E-state index is 12.4. The summed E-state index contributed by atoms with van der Waals surface area (Å²) < 4.78 is 31.1. The Labute approximate surface area is 190 Å². The number of aromatic nitrogens is 4. The monoisotopic (exact) mass is 475 g/mol. The van der Waals surface area contributed by atoms with E-state index in [0.29, 0.717) is 18.1 Å². The molecule has 4 heterocycles. The quantitative estimate of drug-likeness (QED) is 0.502. The number of fused-ring (bicyclic) bond motifs is 1. The van der Waals surface area contributed by atoms with Crippen molar-refractivity contribution in [2.75, 3.05) is 23.9 Å². The fraction of sp³-hybridized carbons (Fsp3) is 0.476. The lowest BCUT2D eigenvalue weighted by Gasteiger charge is -2.15. The van der Waals surface area contributed by atoms with E-state index in [2.05, 4.69) is 20.5 Å². The fourth-order valence-corrected chi connectivity index (χ4v) is 6.75. The number of benzene rings is 1. The summed E-state index contributed by atoms with van der Waals surface area (Å²) >= 11 is 1.31. The van der Waals surface area contributed by atoms with E-state index in [0.717, 1.165) is 41.7 Å². The number of hydrogen-bond acceptors (Lipinski definition) is 7. The molecule has 9 nitrogen and oxygen atoms in total. The topological polar surface area (TPSA) is 119 Å². The van der Waals surface area contributed by atoms with Gasteiger partial charge in [-0.2, -0.15) is 0 Å². The van der Waals surface area contributed by atoms with Crippen LogP contribution in [0.2, 0.25) is 0 Å². The molecule has 2 aliphatic heterocycles. The Bertz CT molecular complexity index is 1230. The van der Waals surface area contributed by atoms with Crippen molar-refractivity contribution in [3.8, 4) is 11.4 Å². The van der Waals surface area contributed by atoms with Crippen molar-refractivity contribution in [3.63, 3.8) is 0 Å². The Kier molecular flexibility index (Phi) is 5.95. The first-order valence-corrected chi connectivity index (χ1v) is 13.5. The van der Waals surface area contributed by atoms with E-state index in [1.165, 1.54) is 11.8 Å². The van der Waals surface area contributed by atoms with Crippen molar-refractivity contribution in [3.05, 3.63) is 30.5 Å². The van der Waals surface area contributed by atoms with Gasteiger partial charge in [-0.25, -0.2) is 8.42 Å². The molecule has 2 N–H and O–H groups in total. The van der Waals surface area contributed by atoms with Gasteiger partial charge in [-0.1, -0.05) is 30.0 Å². The van der Waals surface area contributed by atoms with Crippen molar-refractivity contribution < 1.29 is 17.9 Å². The molecule has 0 bridgehead atoms. The zero-order valence-electron chi connectivity index (χ0n) is 17.5. The molecular formula is C21H25N5O4S2. The summed E-state index contributed by atoms with van der Waals surface area (Å²) in [6.45, 7) is 1.37. The smallest absolute Gasteiger partial charge is 0.230 e. The highest BCUT2D eigenvalue weighted by Gasteiger charge is 2.29. The molecule has 2 aliphatic rings. The second-order valence-corrected chi connectivity index (χ2v) is 11.4. The Morgan fingerprint density at radius 3 is 2.94 bits per heavy atom. The lowest BCUT2D eigenvalue weighted by Crippen LogP contribution is -2.36. The fourth-order valence-electron chi connectivity index (χ4n) is 4.32. The minimum atomic E-state index is -3.03. The summed E-state index contributed by atoms with van der Waals surface area (Å²) in [5.41, 5.74) is 1.98. The summed E-state index contributed by atoms with van der Waals surface area (Å²) in [6.07, 6.45) is 4.50. The van der Waals surface area contributed by atoms with Crippen LogP contribution in [0.3, 0.4) is 0 Å². The van der Waals surface area contributed by atoms with Gasteiger partial charge in [0.1, 0.15) is 0 Å². The molecule has 0 radical (unpaired) electrons. The lowest BCUT2D eigenvalue weighted by molar-refractivity contribution is -0.119. The summed E-state index contributed by atoms with van der Waals surface area (Å²) in [4.78, 5) is 15.7. The summed E-state index contributed by atoms with van der Waals surface area (Å²) in [7, 11) is -3.03. The molecule has 32 heavy (non-hydrogen) atoms. The molecule has 1 aromatic carbocycles. The lowest BCUT2D eigenvalue weighted by atomic mass is 10.1. The van der Waals surface area contributed by atoms with E-state index in [1.54, 1.807) is 0 Å². The van der Waals surface area contributed by atoms with E-state index in [-0.39, 0.29) is 35.3 Å². The van der Waals surface area contributed by atoms with Crippen molar-refractivity contribution in [2.24, 2.45) is 0 Å². The zero-order valence-corrected chi connectivity index (χ0v) is 19.1. The maximum absolute atomic E-state index is 12.4. The van der Waals surface area contributed by atoms with Gasteiger partial charge < -0.3 is 15.0 Å². The van der Waals surface area contributed by atoms with E-state index >= 15 is 0 Å². The Morgan fingerprint density at radius 1 is 1.28 bits per heavy atom. The number of hydrogen-bond donors (Lipinski definition) is 2. The summed E-state index contributed by atoms with van der Waals surface area (Å²) in [5.74, 6) is 0.840. The van der Waals surface area contributed by atoms with Crippen molar-refractivity contribution in [1.29, 1.82) is 0 Å². The molecule has 0 saturated carbocycles. The Balaban J connectivity index is 1.35. The number of nitrogens with zero attached hydrogens (tertiary/aromatic N) is 3. The van der Waals surface area contributed by atoms with Crippen LogP contribution in [-0.4, -0.2) is 70.1 Å². The van der Waals surface area contributed by atoms with Crippen LogP contribution in [0, 0.1) is 0 Å². The average molecular weight is 476 g/mol. The number of rotatable bonds is 7. The molecule has 2 fully saturated rings. The van der Waals surface area contributed by atoms with E-state index in [9.17, 15) is 13.2 Å². The van der Waals surface area contributed by atoms with Gasteiger partial charge >= 0.3 is 0 Å². The summed E-state index contributed by atoms with van der Waals surface area (Å²) in [5, 5.41) is 13.4. The average Bonchev–Trinajstić information content (AvgIpc) is 3.55. The SMILES string of the molecule is O=C(CSc1nnc(-c2c[nH]c3ccccc23)n1C[C@@H]1CCCO1)N[C@@H]1CCS(=O)(=O)C1. The van der Waals surface area contributed by atoms with Crippen LogP contribution in [0.25, 0.3) is 22.3 Å². The Morgan fingerprint density at radius 2 is 2.16 bits per heavy atom. The van der Waals surface area contributed by atoms with Crippen LogP contribution in [0.5, 0.6) is 0 Å². The van der Waals surface area contributed by atoms with Gasteiger partial charge in [0, 0.05) is 35.3 Å². The number of nitrogens with one attached hydrogen (secondary N) is 2. The molecule has 0 aliphatic carbocycles. The van der Waals surface area contributed by atoms with Gasteiger partial charge in [0.05, 0.1) is 29.9 Å². The maximum Gasteiger partial charge on any atom is 0.230 e. The van der Waals surface area contributed by atoms with Crippen molar-refractivity contribution in [2.45, 2.75) is 43.1 Å². The Hall–Kier alpha value is -2.37. The second-order valence-electron chi connectivity index (χ2n) is 8.26. The number of carbonyl (C=O) groups excluding carboxylic acids is 1. The van der Waals surface area contributed by atoms with Crippen LogP contribution in [-0.2, 0) is 25.9 Å². The normalized spacial score (nSPS) is 22.5. The number of H-pyrrole nitrogens is 1. The van der Waals surface area contributed by atoms with Gasteiger partial charge in [0.2, 0.25) is 5.91 Å². The molecule has 3 aromatic rings. The second kappa shape index (κ2) is 8.87. The van der Waals surface area contributed by atoms with Crippen LogP contribution >= 0.6 is 11.8 Å². The van der Waals surface area contributed by atoms with Crippen LogP contribution in [0.1, 0.15) is 19.3 Å². The predicted octanol–water partition coefficient (Wildman–Crippen LogP) is 2.00. The molecule has 0 spiro atoms. The number of carbonyl (C=O) groups is 1. The van der Waals surface area contributed by atoms with Gasteiger partial charge in [-0.15, -0.1) is 10.2 Å². The third-order valence-corrected chi connectivity index (χ3v) is 8.62. The predicted molar refractivity (Wildman–Crippen MR) is 122 cm³/mol. The number of sulfone groups is 1. The van der Waals surface area contributed by atoms with E-state index < -0.39 is 9.84 Å². The van der Waals surface area contributed by atoms with Gasteiger partial charge in [0.15, 0.2) is 20.8 Å². The molecule has 170 valence electrons. The van der Waals surface area contributed by atoms with Crippen molar-refractivity contribution in [1.82, 2.24) is 25.1 Å². The standard InChI is InChI=1S/C21H25N5O4S2/c27-19(23-14-7-9-32(28,29)13-14)12-31-21-25-24-20(26(21)11-15-4-3-8-30-15)17-10-22-18-6-2-1-5-16(17)18/h1-2,5-6,10,14-15,22H,3-4,7-9,11-13H2,(H,23,27)/t14-,15+/m1/s1. The van der Waals surface area contributed by atoms with E-state index in [1.807, 2.05) is 35.0 Å². The minimum Gasteiger partial charge on any atom is -0.376 e. The zero-order chi connectivity index (χ0) is 22.1. The highest BCUT2D eigenvalue weighted by Crippen LogP contribution is 2.31. The molecule has 2 aromatic heterocycles. The third-order valence-electron chi connectivity index (χ3n) is 5.89. The molecule has 1 amide bonds. The van der Waals surface area contributed by atoms with Crippen molar-refractivity contribution >= 4 is 38.4 Å². The highest BCUT2D eigenvalue weighted by atomic mass is 32.2. The number of ether oxygens (including phenoxy) is 1. The molecule has 2 saturated heterocycles. The molecule has 5 rings (SSSR count). The number of aromatic amines is 1. The molecular weight excluding hydrogens is 450 g/mol. The number of amides is 1. The first-order valence-electron chi connectivity index (χ1n) is 10.7. The first kappa shape index (κ1) is 21.5. The van der Waals surface area contributed by atoms with Gasteiger partial charge in [-0.05, 0) is 25.3 Å². The van der Waals surface area contributed by atoms with Crippen LogP contribution < -0.4 is 5.32 Å². The molecule has 2 atom stereocenters. The van der Waals surface area contributed by atoms with Gasteiger partial charge in [-0.3, -0.25) is 9.36 Å². The number of thioether (sulfide) groups is 1. The van der Waals surface area contributed by atoms with E-state index in [4.69, 9.17) is 4.74 Å². The summed E-state index contributed by atoms with van der Waals surface area (Å²) in [6, 6.07) is 7.73. The number of para-hydroxylation sites is 1.